The van der Waals surface area contributed by atoms with Gasteiger partial charge in [0.2, 0.25) is 5.91 Å². The Bertz CT molecular complexity index is 445. The Labute approximate surface area is 114 Å². The second kappa shape index (κ2) is 5.33. The molecule has 3 nitrogen and oxygen atoms in total. The minimum atomic E-state index is 0.146. The maximum absolute atomic E-state index is 12.4. The van der Waals surface area contributed by atoms with Gasteiger partial charge in [-0.2, -0.15) is 0 Å². The van der Waals surface area contributed by atoms with E-state index in [2.05, 4.69) is 29.7 Å². The van der Waals surface area contributed by atoms with Crippen molar-refractivity contribution in [2.45, 2.75) is 50.7 Å². The number of amides is 1. The second-order valence-electron chi connectivity index (χ2n) is 5.77. The fourth-order valence-electron chi connectivity index (χ4n) is 3.50. The monoisotopic (exact) mass is 258 g/mol. The van der Waals surface area contributed by atoms with Crippen LogP contribution in [0.25, 0.3) is 0 Å². The Morgan fingerprint density at radius 2 is 2.16 bits per heavy atom. The minimum Gasteiger partial charge on any atom is -0.349 e. The molecule has 1 aromatic rings. The summed E-state index contributed by atoms with van der Waals surface area (Å²) < 4.78 is 0. The van der Waals surface area contributed by atoms with Crippen molar-refractivity contribution in [3.05, 3.63) is 35.9 Å². The molecule has 2 aliphatic heterocycles. The summed E-state index contributed by atoms with van der Waals surface area (Å²) in [6, 6.07) is 11.4. The lowest BCUT2D eigenvalue weighted by Gasteiger charge is -2.24. The summed E-state index contributed by atoms with van der Waals surface area (Å²) in [5.41, 5.74) is 1.20. The van der Waals surface area contributed by atoms with Gasteiger partial charge in [0.25, 0.3) is 0 Å². The molecule has 2 aliphatic rings. The molecule has 1 aromatic carbocycles. The molecule has 102 valence electrons. The van der Waals surface area contributed by atoms with E-state index in [1.807, 2.05) is 18.2 Å². The van der Waals surface area contributed by atoms with E-state index in [9.17, 15) is 4.79 Å². The average molecular weight is 258 g/mol. The highest BCUT2D eigenvalue weighted by molar-refractivity contribution is 5.80. The van der Waals surface area contributed by atoms with E-state index in [0.717, 1.165) is 19.3 Å². The summed E-state index contributed by atoms with van der Waals surface area (Å²) >= 11 is 0. The van der Waals surface area contributed by atoms with Crippen LogP contribution in [0.3, 0.4) is 0 Å². The third-order valence-corrected chi connectivity index (χ3v) is 4.56. The zero-order chi connectivity index (χ0) is 13.2. The lowest BCUT2D eigenvalue weighted by Crippen LogP contribution is -2.39. The first-order chi connectivity index (χ1) is 9.28. The zero-order valence-electron chi connectivity index (χ0n) is 11.4. The Hall–Kier alpha value is -1.35. The predicted molar refractivity (Wildman–Crippen MR) is 75.7 cm³/mol. The first kappa shape index (κ1) is 12.7. The van der Waals surface area contributed by atoms with Gasteiger partial charge in [0.05, 0.1) is 12.0 Å². The summed E-state index contributed by atoms with van der Waals surface area (Å²) in [5.74, 6) is 0.409. The number of hydrogen-bond donors (Lipinski definition) is 2. The molecule has 2 bridgehead atoms. The third kappa shape index (κ3) is 2.52. The van der Waals surface area contributed by atoms with Crippen molar-refractivity contribution in [3.63, 3.8) is 0 Å². The van der Waals surface area contributed by atoms with Crippen molar-refractivity contribution >= 4 is 5.91 Å². The fraction of sp³-hybridized carbons (Fsp3) is 0.562. The van der Waals surface area contributed by atoms with Crippen molar-refractivity contribution in [3.8, 4) is 0 Å². The maximum Gasteiger partial charge on any atom is 0.225 e. The van der Waals surface area contributed by atoms with E-state index in [-0.39, 0.29) is 17.9 Å². The van der Waals surface area contributed by atoms with Gasteiger partial charge in [-0.15, -0.1) is 0 Å². The van der Waals surface area contributed by atoms with Gasteiger partial charge < -0.3 is 10.6 Å². The zero-order valence-corrected chi connectivity index (χ0v) is 11.4. The van der Waals surface area contributed by atoms with E-state index >= 15 is 0 Å². The van der Waals surface area contributed by atoms with Crippen molar-refractivity contribution in [2.24, 2.45) is 5.92 Å². The molecule has 4 atom stereocenters. The van der Waals surface area contributed by atoms with Gasteiger partial charge in [-0.3, -0.25) is 4.79 Å². The number of carbonyl (C=O) groups excluding carboxylic acids is 1. The molecule has 0 spiro atoms. The Morgan fingerprint density at radius 3 is 2.74 bits per heavy atom. The smallest absolute Gasteiger partial charge is 0.225 e. The van der Waals surface area contributed by atoms with Gasteiger partial charge in [-0.1, -0.05) is 37.3 Å². The van der Waals surface area contributed by atoms with E-state index < -0.39 is 0 Å². The molecule has 0 saturated carbocycles. The first-order valence-electron chi connectivity index (χ1n) is 7.39. The van der Waals surface area contributed by atoms with Crippen LogP contribution in [-0.4, -0.2) is 18.0 Å². The van der Waals surface area contributed by atoms with Crippen LogP contribution < -0.4 is 10.6 Å². The van der Waals surface area contributed by atoms with Gasteiger partial charge >= 0.3 is 0 Å². The maximum atomic E-state index is 12.4. The van der Waals surface area contributed by atoms with E-state index in [4.69, 9.17) is 0 Å². The Kier molecular flexibility index (Phi) is 3.56. The van der Waals surface area contributed by atoms with Crippen LogP contribution in [0.1, 0.15) is 44.2 Å². The van der Waals surface area contributed by atoms with E-state index in [0.29, 0.717) is 12.1 Å². The molecule has 2 heterocycles. The topological polar surface area (TPSA) is 41.1 Å². The second-order valence-corrected chi connectivity index (χ2v) is 5.77. The summed E-state index contributed by atoms with van der Waals surface area (Å²) in [4.78, 5) is 12.4. The number of rotatable bonds is 4. The highest BCUT2D eigenvalue weighted by Crippen LogP contribution is 2.33. The largest absolute Gasteiger partial charge is 0.349 e. The fourth-order valence-corrected chi connectivity index (χ4v) is 3.50. The van der Waals surface area contributed by atoms with Gasteiger partial charge in [0.15, 0.2) is 0 Å². The Morgan fingerprint density at radius 1 is 1.37 bits per heavy atom. The van der Waals surface area contributed by atoms with Gasteiger partial charge in [-0.25, -0.2) is 0 Å². The molecule has 2 N–H and O–H groups in total. The quantitative estimate of drug-likeness (QED) is 0.870. The van der Waals surface area contributed by atoms with E-state index in [1.54, 1.807) is 0 Å². The van der Waals surface area contributed by atoms with E-state index in [1.165, 1.54) is 12.0 Å². The molecule has 0 radical (unpaired) electrons. The van der Waals surface area contributed by atoms with Gasteiger partial charge in [0.1, 0.15) is 0 Å². The lowest BCUT2D eigenvalue weighted by molar-refractivity contribution is -0.126. The van der Waals surface area contributed by atoms with Crippen molar-refractivity contribution < 1.29 is 4.79 Å². The van der Waals surface area contributed by atoms with Crippen molar-refractivity contribution in [1.29, 1.82) is 0 Å². The molecule has 19 heavy (non-hydrogen) atoms. The van der Waals surface area contributed by atoms with Crippen LogP contribution in [0.4, 0.5) is 0 Å². The molecule has 3 rings (SSSR count). The van der Waals surface area contributed by atoms with Crippen LogP contribution in [0.2, 0.25) is 0 Å². The molecular formula is C16H22N2O. The average Bonchev–Trinajstić information content (AvgIpc) is 3.08. The Balaban J connectivity index is 1.65. The number of benzene rings is 1. The SMILES string of the molecule is CCC(NC(=O)C1CC2CCC1N2)c1ccccc1. The number of nitrogens with one attached hydrogen (secondary N) is 2. The molecule has 0 aliphatic carbocycles. The first-order valence-corrected chi connectivity index (χ1v) is 7.39. The number of hydrogen-bond acceptors (Lipinski definition) is 2. The molecular weight excluding hydrogens is 236 g/mol. The minimum absolute atomic E-state index is 0.146. The predicted octanol–water partition coefficient (Wildman–Crippen LogP) is 2.39. The number of fused-ring (bicyclic) bond motifs is 2. The van der Waals surface area contributed by atoms with Crippen LogP contribution in [0, 0.1) is 5.92 Å². The molecule has 0 aromatic heterocycles. The summed E-state index contributed by atoms with van der Waals surface area (Å²) in [5, 5.41) is 6.76. The molecule has 3 heteroatoms. The highest BCUT2D eigenvalue weighted by atomic mass is 16.2. The highest BCUT2D eigenvalue weighted by Gasteiger charge is 2.42. The summed E-state index contributed by atoms with van der Waals surface area (Å²) in [6.07, 6.45) is 4.35. The molecule has 2 fully saturated rings. The van der Waals surface area contributed by atoms with Crippen molar-refractivity contribution in [1.82, 2.24) is 10.6 Å². The van der Waals surface area contributed by atoms with Crippen molar-refractivity contribution in [2.75, 3.05) is 0 Å². The van der Waals surface area contributed by atoms with Crippen LogP contribution in [-0.2, 0) is 4.79 Å². The number of carbonyl (C=O) groups is 1. The lowest BCUT2D eigenvalue weighted by atomic mass is 9.88. The van der Waals surface area contributed by atoms with Crippen LogP contribution >= 0.6 is 0 Å². The van der Waals surface area contributed by atoms with Gasteiger partial charge in [-0.05, 0) is 31.2 Å². The molecule has 2 saturated heterocycles. The third-order valence-electron chi connectivity index (χ3n) is 4.56. The normalized spacial score (nSPS) is 30.3. The standard InChI is InChI=1S/C16H22N2O/c1-2-14(11-6-4-3-5-7-11)18-16(19)13-10-12-8-9-15(13)17-12/h3-7,12-15,17H,2,8-10H2,1H3,(H,18,19). The van der Waals surface area contributed by atoms with Crippen LogP contribution in [0.5, 0.6) is 0 Å². The summed E-state index contributed by atoms with van der Waals surface area (Å²) in [6.45, 7) is 2.12. The molecule has 1 amide bonds. The van der Waals surface area contributed by atoms with Crippen LogP contribution in [0.15, 0.2) is 30.3 Å². The van der Waals surface area contributed by atoms with Gasteiger partial charge in [0, 0.05) is 12.1 Å². The summed E-state index contributed by atoms with van der Waals surface area (Å²) in [7, 11) is 0. The molecule has 4 unspecified atom stereocenters.